The van der Waals surface area contributed by atoms with E-state index in [-0.39, 0.29) is 10.6 Å². The van der Waals surface area contributed by atoms with Crippen LogP contribution in [0.25, 0.3) is 0 Å². The van der Waals surface area contributed by atoms with E-state index in [0.29, 0.717) is 5.56 Å². The summed E-state index contributed by atoms with van der Waals surface area (Å²) in [6.45, 7) is 1.42. The number of esters is 1. The van der Waals surface area contributed by atoms with Crippen LogP contribution in [0.3, 0.4) is 0 Å². The van der Waals surface area contributed by atoms with E-state index in [2.05, 4.69) is 5.32 Å². The summed E-state index contributed by atoms with van der Waals surface area (Å²) in [5.74, 6) is -1.24. The van der Waals surface area contributed by atoms with E-state index in [9.17, 15) is 18.0 Å². The Morgan fingerprint density at radius 3 is 2.41 bits per heavy atom. The minimum Gasteiger partial charge on any atom is -0.449 e. The van der Waals surface area contributed by atoms with Crippen molar-refractivity contribution in [3.05, 3.63) is 54.1 Å². The van der Waals surface area contributed by atoms with Crippen molar-refractivity contribution in [3.63, 3.8) is 0 Å². The quantitative estimate of drug-likeness (QED) is 0.722. The van der Waals surface area contributed by atoms with E-state index in [1.54, 1.807) is 18.2 Å². The van der Waals surface area contributed by atoms with Crippen molar-refractivity contribution in [3.8, 4) is 0 Å². The van der Waals surface area contributed by atoms with Crippen molar-refractivity contribution in [2.45, 2.75) is 17.9 Å². The van der Waals surface area contributed by atoms with Crippen molar-refractivity contribution in [1.82, 2.24) is 0 Å². The van der Waals surface area contributed by atoms with Crippen molar-refractivity contribution in [2.24, 2.45) is 5.14 Å². The Morgan fingerprint density at radius 2 is 1.78 bits per heavy atom. The van der Waals surface area contributed by atoms with Crippen LogP contribution >= 0.6 is 0 Å². The largest absolute Gasteiger partial charge is 0.449 e. The van der Waals surface area contributed by atoms with Gasteiger partial charge in [-0.3, -0.25) is 4.79 Å². The molecular weight excluding hydrogens is 370 g/mol. The first kappa shape index (κ1) is 20.4. The number of hydrogen-bond donors (Lipinski definition) is 2. The summed E-state index contributed by atoms with van der Waals surface area (Å²) >= 11 is 0. The van der Waals surface area contributed by atoms with Gasteiger partial charge in [0.25, 0.3) is 5.91 Å². The minimum absolute atomic E-state index is 0.134. The monoisotopic (exact) mass is 391 g/mol. The van der Waals surface area contributed by atoms with E-state index in [1.165, 1.54) is 31.2 Å². The molecular formula is C18H21N3O5S. The Labute approximate surface area is 158 Å². The number of anilines is 2. The predicted octanol–water partition coefficient (Wildman–Crippen LogP) is 1.58. The Bertz CT molecular complexity index is 957. The van der Waals surface area contributed by atoms with Gasteiger partial charge in [-0.05, 0) is 43.3 Å². The van der Waals surface area contributed by atoms with Crippen LogP contribution in [0.5, 0.6) is 0 Å². The minimum atomic E-state index is -3.89. The third-order valence-corrected chi connectivity index (χ3v) is 4.59. The molecule has 0 aliphatic carbocycles. The number of carbonyl (C=O) groups is 2. The highest BCUT2D eigenvalue weighted by atomic mass is 32.2. The van der Waals surface area contributed by atoms with Crippen LogP contribution in [-0.4, -0.2) is 40.5 Å². The van der Waals surface area contributed by atoms with Gasteiger partial charge in [-0.15, -0.1) is 0 Å². The zero-order valence-electron chi connectivity index (χ0n) is 15.2. The summed E-state index contributed by atoms with van der Waals surface area (Å²) in [6.07, 6.45) is -1.08. The lowest BCUT2D eigenvalue weighted by atomic mass is 10.2. The molecule has 2 aromatic carbocycles. The highest BCUT2D eigenvalue weighted by Gasteiger charge is 2.20. The molecule has 1 amide bonds. The molecule has 0 saturated heterocycles. The topological polar surface area (TPSA) is 119 Å². The first-order chi connectivity index (χ1) is 12.6. The number of benzene rings is 2. The Kier molecular flexibility index (Phi) is 6.19. The second kappa shape index (κ2) is 8.19. The summed E-state index contributed by atoms with van der Waals surface area (Å²) < 4.78 is 27.9. The number of nitrogens with one attached hydrogen (secondary N) is 1. The fourth-order valence-electron chi connectivity index (χ4n) is 2.19. The van der Waals surface area contributed by atoms with E-state index >= 15 is 0 Å². The van der Waals surface area contributed by atoms with Crippen molar-refractivity contribution >= 4 is 33.3 Å². The number of hydrogen-bond acceptors (Lipinski definition) is 6. The Morgan fingerprint density at radius 1 is 1.11 bits per heavy atom. The summed E-state index contributed by atoms with van der Waals surface area (Å²) in [6, 6.07) is 12.3. The average Bonchev–Trinajstić information content (AvgIpc) is 2.61. The fourth-order valence-corrected chi connectivity index (χ4v) is 2.75. The van der Waals surface area contributed by atoms with Gasteiger partial charge < -0.3 is 15.0 Å². The van der Waals surface area contributed by atoms with Gasteiger partial charge in [0.15, 0.2) is 6.10 Å². The molecule has 8 nitrogen and oxygen atoms in total. The lowest BCUT2D eigenvalue weighted by Crippen LogP contribution is -2.30. The van der Waals surface area contributed by atoms with E-state index in [1.807, 2.05) is 25.1 Å². The molecule has 3 N–H and O–H groups in total. The lowest BCUT2D eigenvalue weighted by Gasteiger charge is -2.16. The molecule has 2 rings (SSSR count). The molecule has 0 aliphatic heterocycles. The van der Waals surface area contributed by atoms with Gasteiger partial charge in [-0.1, -0.05) is 12.1 Å². The molecule has 1 atom stereocenters. The second-order valence-corrected chi connectivity index (χ2v) is 7.62. The van der Waals surface area contributed by atoms with Crippen LogP contribution in [0, 0.1) is 0 Å². The number of carbonyl (C=O) groups excluding carboxylic acids is 2. The maximum Gasteiger partial charge on any atom is 0.338 e. The number of rotatable bonds is 6. The van der Waals surface area contributed by atoms with Gasteiger partial charge in [0.05, 0.1) is 10.5 Å². The van der Waals surface area contributed by atoms with Crippen LogP contribution < -0.4 is 15.4 Å². The van der Waals surface area contributed by atoms with Crippen molar-refractivity contribution < 1.29 is 22.7 Å². The summed E-state index contributed by atoms with van der Waals surface area (Å²) in [4.78, 5) is 26.2. The molecule has 0 aliphatic rings. The third-order valence-electron chi connectivity index (χ3n) is 3.68. The SMILES string of the molecule is CC(OC(=O)c1cccc(N(C)C)c1)C(=O)Nc1cccc(S(N)(=O)=O)c1. The Balaban J connectivity index is 2.05. The van der Waals surface area contributed by atoms with Crippen LogP contribution in [0.1, 0.15) is 17.3 Å². The summed E-state index contributed by atoms with van der Waals surface area (Å²) in [5, 5.41) is 7.56. The molecule has 0 fully saturated rings. The highest BCUT2D eigenvalue weighted by Crippen LogP contribution is 2.16. The Hall–Kier alpha value is -2.91. The molecule has 0 saturated carbocycles. The maximum absolute atomic E-state index is 12.3. The molecule has 0 radical (unpaired) electrons. The molecule has 0 aromatic heterocycles. The number of primary sulfonamides is 1. The summed E-state index contributed by atoms with van der Waals surface area (Å²) in [5.41, 5.74) is 1.36. The third kappa shape index (κ3) is 5.53. The van der Waals surface area contributed by atoms with Crippen LogP contribution in [0.4, 0.5) is 11.4 Å². The average molecular weight is 391 g/mol. The van der Waals surface area contributed by atoms with Gasteiger partial charge in [0.2, 0.25) is 10.0 Å². The molecule has 2 aromatic rings. The number of ether oxygens (including phenoxy) is 1. The molecule has 27 heavy (non-hydrogen) atoms. The van der Waals surface area contributed by atoms with E-state index < -0.39 is 28.0 Å². The molecule has 0 spiro atoms. The van der Waals surface area contributed by atoms with Crippen LogP contribution in [0.15, 0.2) is 53.4 Å². The van der Waals surface area contributed by atoms with E-state index in [4.69, 9.17) is 9.88 Å². The van der Waals surface area contributed by atoms with Crippen molar-refractivity contribution in [1.29, 1.82) is 0 Å². The van der Waals surface area contributed by atoms with Gasteiger partial charge >= 0.3 is 5.97 Å². The van der Waals surface area contributed by atoms with Gasteiger partial charge in [-0.25, -0.2) is 18.4 Å². The lowest BCUT2D eigenvalue weighted by molar-refractivity contribution is -0.123. The number of nitrogens with zero attached hydrogens (tertiary/aromatic N) is 1. The number of nitrogens with two attached hydrogens (primary N) is 1. The second-order valence-electron chi connectivity index (χ2n) is 6.05. The maximum atomic E-state index is 12.3. The smallest absolute Gasteiger partial charge is 0.338 e. The van der Waals surface area contributed by atoms with Gasteiger partial charge in [0, 0.05) is 25.5 Å². The molecule has 0 heterocycles. The molecule has 1 unspecified atom stereocenters. The fraction of sp³-hybridized carbons (Fsp3) is 0.222. The van der Waals surface area contributed by atoms with Gasteiger partial charge in [0.1, 0.15) is 0 Å². The molecule has 0 bridgehead atoms. The van der Waals surface area contributed by atoms with Crippen LogP contribution in [0.2, 0.25) is 0 Å². The van der Waals surface area contributed by atoms with Crippen LogP contribution in [-0.2, 0) is 19.6 Å². The summed E-state index contributed by atoms with van der Waals surface area (Å²) in [7, 11) is -0.201. The van der Waals surface area contributed by atoms with Crippen molar-refractivity contribution in [2.75, 3.05) is 24.3 Å². The molecule has 9 heteroatoms. The predicted molar refractivity (Wildman–Crippen MR) is 102 cm³/mol. The zero-order chi connectivity index (χ0) is 20.2. The van der Waals surface area contributed by atoms with Gasteiger partial charge in [-0.2, -0.15) is 0 Å². The first-order valence-electron chi connectivity index (χ1n) is 8.00. The molecule has 144 valence electrons. The normalized spacial score (nSPS) is 12.1. The zero-order valence-corrected chi connectivity index (χ0v) is 16.0. The first-order valence-corrected chi connectivity index (χ1v) is 9.54. The highest BCUT2D eigenvalue weighted by molar-refractivity contribution is 7.89. The standard InChI is InChI=1S/C18H21N3O5S/c1-12(26-18(23)13-6-4-8-15(10-13)21(2)3)17(22)20-14-7-5-9-16(11-14)27(19,24)25/h4-12H,1-3H3,(H,20,22)(H2,19,24,25). The van der Waals surface area contributed by atoms with E-state index in [0.717, 1.165) is 5.69 Å². The number of sulfonamides is 1. The number of amides is 1.